The van der Waals surface area contributed by atoms with Gasteiger partial charge in [0.05, 0.1) is 30.1 Å². The first-order chi connectivity index (χ1) is 14.6. The Hall–Kier alpha value is -1.93. The number of carbonyl (C=O) groups is 3. The lowest BCUT2D eigenvalue weighted by atomic mass is 9.66. The molecule has 0 aromatic heterocycles. The van der Waals surface area contributed by atoms with Crippen molar-refractivity contribution in [2.75, 3.05) is 19.7 Å². The van der Waals surface area contributed by atoms with E-state index < -0.39 is 47.0 Å². The van der Waals surface area contributed by atoms with Crippen molar-refractivity contribution < 1.29 is 29.3 Å². The van der Waals surface area contributed by atoms with Crippen LogP contribution in [0.1, 0.15) is 53.4 Å². The van der Waals surface area contributed by atoms with Crippen molar-refractivity contribution in [1.82, 2.24) is 9.80 Å². The number of carbonyl (C=O) groups excluding carboxylic acids is 2. The molecule has 1 spiro atoms. The highest BCUT2D eigenvalue weighted by atomic mass is 16.5. The van der Waals surface area contributed by atoms with Gasteiger partial charge in [-0.25, -0.2) is 0 Å². The molecule has 3 fully saturated rings. The second-order valence-corrected chi connectivity index (χ2v) is 9.73. The molecule has 2 amide bonds. The molecular formula is C23H36N2O6. The third-order valence-electron chi connectivity index (χ3n) is 7.47. The van der Waals surface area contributed by atoms with Crippen LogP contribution in [-0.4, -0.2) is 80.8 Å². The molecule has 0 radical (unpaired) electrons. The third kappa shape index (κ3) is 3.48. The van der Waals surface area contributed by atoms with Crippen molar-refractivity contribution in [3.63, 3.8) is 0 Å². The minimum Gasteiger partial charge on any atom is -0.481 e. The predicted molar refractivity (Wildman–Crippen MR) is 114 cm³/mol. The molecular weight excluding hydrogens is 400 g/mol. The summed E-state index contributed by atoms with van der Waals surface area (Å²) in [5.74, 6) is -3.77. The maximum atomic E-state index is 13.9. The van der Waals surface area contributed by atoms with Crippen molar-refractivity contribution in [3.05, 3.63) is 12.7 Å². The van der Waals surface area contributed by atoms with Crippen molar-refractivity contribution in [2.45, 2.75) is 76.7 Å². The number of carboxylic acids is 1. The van der Waals surface area contributed by atoms with E-state index in [2.05, 4.69) is 6.58 Å². The number of unbranched alkanes of at least 4 members (excludes halogenated alkanes) is 1. The molecule has 8 heteroatoms. The molecule has 0 aromatic rings. The minimum absolute atomic E-state index is 0.112. The number of likely N-dealkylation sites (tertiary alicyclic amines) is 1. The fourth-order valence-corrected chi connectivity index (χ4v) is 5.97. The van der Waals surface area contributed by atoms with Gasteiger partial charge in [-0.05, 0) is 32.1 Å². The summed E-state index contributed by atoms with van der Waals surface area (Å²) < 4.78 is 6.39. The Morgan fingerprint density at radius 2 is 2.06 bits per heavy atom. The Bertz CT molecular complexity index is 754. The molecule has 0 aromatic carbocycles. The van der Waals surface area contributed by atoms with Crippen molar-refractivity contribution in [2.24, 2.45) is 17.8 Å². The van der Waals surface area contributed by atoms with E-state index >= 15 is 0 Å². The Labute approximate surface area is 184 Å². The average molecular weight is 437 g/mol. The molecule has 8 nitrogen and oxygen atoms in total. The lowest BCUT2D eigenvalue weighted by Crippen LogP contribution is -2.59. The van der Waals surface area contributed by atoms with E-state index in [4.69, 9.17) is 4.74 Å². The average Bonchev–Trinajstić information content (AvgIpc) is 3.26. The topological polar surface area (TPSA) is 107 Å². The van der Waals surface area contributed by atoms with E-state index in [1.54, 1.807) is 17.9 Å². The number of aliphatic carboxylic acids is 1. The molecule has 6 atom stereocenters. The lowest BCUT2D eigenvalue weighted by molar-refractivity contribution is -0.159. The summed E-state index contributed by atoms with van der Waals surface area (Å²) in [6.45, 7) is 11.9. The molecule has 174 valence electrons. The fraction of sp³-hybridized carbons (Fsp3) is 0.783. The molecule has 3 aliphatic rings. The highest BCUT2D eigenvalue weighted by Crippen LogP contribution is 2.63. The molecule has 2 bridgehead atoms. The lowest BCUT2D eigenvalue weighted by Gasteiger charge is -2.40. The SMILES string of the molecule is C=CCN(CCCC)C(=O)C1N([C@@H](CO)C(C)C)C(=O)[C@@H]2[C@@H](C(=O)O)[C@@]3(C)CCC12O3. The Balaban J connectivity index is 2.12. The number of aliphatic hydroxyl groups excluding tert-OH is 1. The van der Waals surface area contributed by atoms with Gasteiger partial charge in [0.25, 0.3) is 0 Å². The zero-order valence-electron chi connectivity index (χ0n) is 19.0. The van der Waals surface area contributed by atoms with Crippen LogP contribution in [0.25, 0.3) is 0 Å². The van der Waals surface area contributed by atoms with Crippen molar-refractivity contribution in [1.29, 1.82) is 0 Å². The van der Waals surface area contributed by atoms with Gasteiger partial charge >= 0.3 is 5.97 Å². The number of amides is 2. The summed E-state index contributed by atoms with van der Waals surface area (Å²) in [5.41, 5.74) is -2.16. The van der Waals surface area contributed by atoms with Gasteiger partial charge < -0.3 is 24.7 Å². The van der Waals surface area contributed by atoms with E-state index in [-0.39, 0.29) is 18.4 Å². The van der Waals surface area contributed by atoms with Crippen LogP contribution in [0.3, 0.4) is 0 Å². The van der Waals surface area contributed by atoms with Crippen LogP contribution >= 0.6 is 0 Å². The van der Waals surface area contributed by atoms with Crippen LogP contribution in [0.2, 0.25) is 0 Å². The molecule has 3 aliphatic heterocycles. The number of aliphatic hydroxyl groups is 1. The highest BCUT2D eigenvalue weighted by molar-refractivity contribution is 5.98. The molecule has 2 N–H and O–H groups in total. The van der Waals surface area contributed by atoms with Crippen LogP contribution in [0.15, 0.2) is 12.7 Å². The first-order valence-corrected chi connectivity index (χ1v) is 11.3. The Kier molecular flexibility index (Phi) is 6.54. The van der Waals surface area contributed by atoms with E-state index in [0.29, 0.717) is 25.9 Å². The summed E-state index contributed by atoms with van der Waals surface area (Å²) >= 11 is 0. The summed E-state index contributed by atoms with van der Waals surface area (Å²) in [7, 11) is 0. The summed E-state index contributed by atoms with van der Waals surface area (Å²) in [6.07, 6.45) is 4.30. The van der Waals surface area contributed by atoms with Gasteiger partial charge in [0.1, 0.15) is 11.6 Å². The second-order valence-electron chi connectivity index (χ2n) is 9.73. The van der Waals surface area contributed by atoms with Gasteiger partial charge in [0, 0.05) is 13.1 Å². The number of ether oxygens (including phenoxy) is 1. The van der Waals surface area contributed by atoms with Gasteiger partial charge in [-0.1, -0.05) is 33.3 Å². The molecule has 2 unspecified atom stereocenters. The number of hydrogen-bond acceptors (Lipinski definition) is 5. The number of hydrogen-bond donors (Lipinski definition) is 2. The molecule has 3 rings (SSSR count). The van der Waals surface area contributed by atoms with Gasteiger partial charge in [-0.3, -0.25) is 14.4 Å². The van der Waals surface area contributed by atoms with Crippen LogP contribution in [0, 0.1) is 17.8 Å². The molecule has 0 saturated carbocycles. The number of rotatable bonds is 10. The van der Waals surface area contributed by atoms with E-state index in [0.717, 1.165) is 12.8 Å². The predicted octanol–water partition coefficient (Wildman–Crippen LogP) is 1.67. The van der Waals surface area contributed by atoms with Gasteiger partial charge in [-0.2, -0.15) is 0 Å². The van der Waals surface area contributed by atoms with Gasteiger partial charge in [0.2, 0.25) is 11.8 Å². The van der Waals surface area contributed by atoms with Crippen LogP contribution in [-0.2, 0) is 19.1 Å². The summed E-state index contributed by atoms with van der Waals surface area (Å²) in [5, 5.41) is 20.1. The largest absolute Gasteiger partial charge is 0.481 e. The van der Waals surface area contributed by atoms with Crippen molar-refractivity contribution >= 4 is 17.8 Å². The zero-order chi connectivity index (χ0) is 23.1. The van der Waals surface area contributed by atoms with Crippen LogP contribution in [0.5, 0.6) is 0 Å². The van der Waals surface area contributed by atoms with Gasteiger partial charge in [0.15, 0.2) is 0 Å². The standard InChI is InChI=1S/C23H36N2O6/c1-6-8-12-24(11-7-2)20(28)18-23-10-9-22(5,31-23)17(21(29)30)16(23)19(27)25(18)15(13-26)14(3)4/h7,14-18,26H,2,6,8-13H2,1,3-5H3,(H,29,30)/t15-,16-,17-,18?,22+,23?/m0/s1. The fourth-order valence-electron chi connectivity index (χ4n) is 5.97. The Morgan fingerprint density at radius 3 is 2.58 bits per heavy atom. The first-order valence-electron chi connectivity index (χ1n) is 11.3. The maximum Gasteiger partial charge on any atom is 0.310 e. The van der Waals surface area contributed by atoms with E-state index in [9.17, 15) is 24.6 Å². The smallest absolute Gasteiger partial charge is 0.310 e. The summed E-state index contributed by atoms with van der Waals surface area (Å²) in [6, 6.07) is -1.55. The number of fused-ring (bicyclic) bond motifs is 1. The molecule has 3 saturated heterocycles. The summed E-state index contributed by atoms with van der Waals surface area (Å²) in [4.78, 5) is 43.0. The number of carboxylic acid groups (broad SMARTS) is 1. The molecule has 0 aliphatic carbocycles. The molecule has 3 heterocycles. The van der Waals surface area contributed by atoms with Crippen LogP contribution in [0.4, 0.5) is 0 Å². The zero-order valence-corrected chi connectivity index (χ0v) is 19.0. The normalized spacial score (nSPS) is 34.8. The first kappa shape index (κ1) is 23.7. The van der Waals surface area contributed by atoms with E-state index in [1.807, 2.05) is 20.8 Å². The molecule has 31 heavy (non-hydrogen) atoms. The Morgan fingerprint density at radius 1 is 1.39 bits per heavy atom. The van der Waals surface area contributed by atoms with Crippen LogP contribution < -0.4 is 0 Å². The minimum atomic E-state index is -1.18. The van der Waals surface area contributed by atoms with Crippen molar-refractivity contribution in [3.8, 4) is 0 Å². The second kappa shape index (κ2) is 8.54. The van der Waals surface area contributed by atoms with Gasteiger partial charge in [-0.15, -0.1) is 6.58 Å². The third-order valence-corrected chi connectivity index (χ3v) is 7.47. The monoisotopic (exact) mass is 436 g/mol. The van der Waals surface area contributed by atoms with E-state index in [1.165, 1.54) is 4.90 Å². The maximum absolute atomic E-state index is 13.9. The highest BCUT2D eigenvalue weighted by Gasteiger charge is 2.78. The quantitative estimate of drug-likeness (QED) is 0.505. The number of nitrogens with zero attached hydrogens (tertiary/aromatic N) is 2.